The lowest BCUT2D eigenvalue weighted by molar-refractivity contribution is 0.0636. The Morgan fingerprint density at radius 1 is 1.15 bits per heavy atom. The van der Waals surface area contributed by atoms with Crippen molar-refractivity contribution in [2.24, 2.45) is 0 Å². The summed E-state index contributed by atoms with van der Waals surface area (Å²) in [5.41, 5.74) is 2.93. The van der Waals surface area contributed by atoms with Crippen LogP contribution in [0.4, 0.5) is 10.5 Å². The van der Waals surface area contributed by atoms with Gasteiger partial charge in [0.25, 0.3) is 0 Å². The fraction of sp³-hybridized carbons (Fsp3) is 0.368. The molecule has 2 aromatic heterocycles. The molecule has 7 heteroatoms. The van der Waals surface area contributed by atoms with Crippen molar-refractivity contribution < 1.29 is 9.53 Å². The second kappa shape index (κ2) is 6.74. The number of carbonyl (C=O) groups excluding carboxylic acids is 1. The van der Waals surface area contributed by atoms with E-state index in [1.54, 1.807) is 6.33 Å². The molecule has 0 fully saturated rings. The van der Waals surface area contributed by atoms with Crippen molar-refractivity contribution in [3.05, 3.63) is 36.9 Å². The highest BCUT2D eigenvalue weighted by Gasteiger charge is 2.19. The summed E-state index contributed by atoms with van der Waals surface area (Å²) in [7, 11) is 0. The van der Waals surface area contributed by atoms with Gasteiger partial charge in [-0.25, -0.2) is 19.7 Å². The SMILES string of the molecule is CC(C)n1cnc2c(-c3ccccc3NC(=O)OC(C)(C)C)ncnc21. The van der Waals surface area contributed by atoms with Gasteiger partial charge in [0.2, 0.25) is 0 Å². The first-order valence-corrected chi connectivity index (χ1v) is 8.53. The second-order valence-corrected chi connectivity index (χ2v) is 7.31. The number of amides is 1. The quantitative estimate of drug-likeness (QED) is 0.753. The molecule has 0 spiro atoms. The predicted octanol–water partition coefficient (Wildman–Crippen LogP) is 4.42. The molecule has 3 rings (SSSR count). The Morgan fingerprint density at radius 2 is 1.88 bits per heavy atom. The van der Waals surface area contributed by atoms with E-state index < -0.39 is 11.7 Å². The highest BCUT2D eigenvalue weighted by atomic mass is 16.6. The average Bonchev–Trinajstić information content (AvgIpc) is 2.98. The summed E-state index contributed by atoms with van der Waals surface area (Å²) in [5, 5.41) is 2.80. The third-order valence-corrected chi connectivity index (χ3v) is 3.73. The van der Waals surface area contributed by atoms with Crippen molar-refractivity contribution in [1.82, 2.24) is 19.5 Å². The number of hydrogen-bond acceptors (Lipinski definition) is 5. The highest BCUT2D eigenvalue weighted by molar-refractivity contribution is 5.96. The first kappa shape index (κ1) is 17.8. The molecule has 1 amide bonds. The smallest absolute Gasteiger partial charge is 0.412 e. The van der Waals surface area contributed by atoms with Crippen molar-refractivity contribution in [3.63, 3.8) is 0 Å². The summed E-state index contributed by atoms with van der Waals surface area (Å²) in [4.78, 5) is 25.5. The number of anilines is 1. The second-order valence-electron chi connectivity index (χ2n) is 7.31. The van der Waals surface area contributed by atoms with Gasteiger partial charge >= 0.3 is 6.09 Å². The molecule has 0 saturated heterocycles. The van der Waals surface area contributed by atoms with E-state index in [9.17, 15) is 4.79 Å². The van der Waals surface area contributed by atoms with E-state index >= 15 is 0 Å². The predicted molar refractivity (Wildman–Crippen MR) is 101 cm³/mol. The van der Waals surface area contributed by atoms with Crippen LogP contribution in [0.5, 0.6) is 0 Å². The van der Waals surface area contributed by atoms with E-state index in [4.69, 9.17) is 4.74 Å². The van der Waals surface area contributed by atoms with Crippen LogP contribution in [-0.4, -0.2) is 31.2 Å². The molecule has 136 valence electrons. The zero-order valence-electron chi connectivity index (χ0n) is 15.6. The third kappa shape index (κ3) is 3.66. The molecule has 2 heterocycles. The molecule has 1 aromatic carbocycles. The molecule has 0 bridgehead atoms. The van der Waals surface area contributed by atoms with Gasteiger partial charge in [-0.1, -0.05) is 18.2 Å². The first-order chi connectivity index (χ1) is 12.3. The van der Waals surface area contributed by atoms with Crippen molar-refractivity contribution in [2.45, 2.75) is 46.3 Å². The van der Waals surface area contributed by atoms with Gasteiger partial charge < -0.3 is 9.30 Å². The number of aromatic nitrogens is 4. The summed E-state index contributed by atoms with van der Waals surface area (Å²) in [6.07, 6.45) is 2.77. The molecule has 1 N–H and O–H groups in total. The summed E-state index contributed by atoms with van der Waals surface area (Å²) in [6, 6.07) is 7.68. The summed E-state index contributed by atoms with van der Waals surface area (Å²) in [5.74, 6) is 0. The highest BCUT2D eigenvalue weighted by Crippen LogP contribution is 2.31. The van der Waals surface area contributed by atoms with Crippen LogP contribution < -0.4 is 5.32 Å². The standard InChI is InChI=1S/C19H23N5O2/c1-12(2)24-11-22-16-15(20-10-21-17(16)24)13-8-6-7-9-14(13)23-18(25)26-19(3,4)5/h6-12H,1-5H3,(H,23,25). The van der Waals surface area contributed by atoms with Crippen LogP contribution in [-0.2, 0) is 4.74 Å². The minimum atomic E-state index is -0.572. The molecular weight excluding hydrogens is 330 g/mol. The van der Waals surface area contributed by atoms with E-state index in [1.165, 1.54) is 6.33 Å². The molecule has 3 aromatic rings. The van der Waals surface area contributed by atoms with Crippen LogP contribution >= 0.6 is 0 Å². The maximum absolute atomic E-state index is 12.2. The van der Waals surface area contributed by atoms with Crippen LogP contribution in [0.15, 0.2) is 36.9 Å². The Labute approximate surface area is 152 Å². The first-order valence-electron chi connectivity index (χ1n) is 8.53. The van der Waals surface area contributed by atoms with Gasteiger partial charge in [-0.15, -0.1) is 0 Å². The molecule has 7 nitrogen and oxygen atoms in total. The van der Waals surface area contributed by atoms with Gasteiger partial charge in [0.05, 0.1) is 12.0 Å². The maximum Gasteiger partial charge on any atom is 0.412 e. The Balaban J connectivity index is 2.03. The number of hydrogen-bond donors (Lipinski definition) is 1. The van der Waals surface area contributed by atoms with E-state index in [0.29, 0.717) is 16.9 Å². The van der Waals surface area contributed by atoms with Crippen LogP contribution in [0, 0.1) is 0 Å². The number of nitrogens with zero attached hydrogens (tertiary/aromatic N) is 4. The number of rotatable bonds is 3. The van der Waals surface area contributed by atoms with Gasteiger partial charge in [-0.05, 0) is 40.7 Å². The lowest BCUT2D eigenvalue weighted by Gasteiger charge is -2.20. The third-order valence-electron chi connectivity index (χ3n) is 3.73. The molecule has 0 saturated carbocycles. The monoisotopic (exact) mass is 353 g/mol. The number of ether oxygens (including phenoxy) is 1. The van der Waals surface area contributed by atoms with Crippen molar-refractivity contribution in [2.75, 3.05) is 5.32 Å². The van der Waals surface area contributed by atoms with Crippen LogP contribution in [0.2, 0.25) is 0 Å². The minimum Gasteiger partial charge on any atom is -0.444 e. The zero-order chi connectivity index (χ0) is 18.9. The van der Waals surface area contributed by atoms with Crippen molar-refractivity contribution >= 4 is 22.9 Å². The summed E-state index contributed by atoms with van der Waals surface area (Å²) < 4.78 is 7.34. The van der Waals surface area contributed by atoms with Crippen LogP contribution in [0.1, 0.15) is 40.7 Å². The molecule has 0 aliphatic rings. The van der Waals surface area contributed by atoms with Crippen LogP contribution in [0.3, 0.4) is 0 Å². The number of imidazole rings is 1. The maximum atomic E-state index is 12.2. The van der Waals surface area contributed by atoms with Crippen LogP contribution in [0.25, 0.3) is 22.4 Å². The normalized spacial score (nSPS) is 11.8. The van der Waals surface area contributed by atoms with Crippen molar-refractivity contribution in [1.29, 1.82) is 0 Å². The molecule has 0 radical (unpaired) electrons. The molecule has 0 unspecified atom stereocenters. The zero-order valence-corrected chi connectivity index (χ0v) is 15.6. The van der Waals surface area contributed by atoms with E-state index in [1.807, 2.05) is 49.6 Å². The van der Waals surface area contributed by atoms with Gasteiger partial charge in [-0.3, -0.25) is 5.32 Å². The van der Waals surface area contributed by atoms with E-state index in [0.717, 1.165) is 11.2 Å². The van der Waals surface area contributed by atoms with Gasteiger partial charge in [-0.2, -0.15) is 0 Å². The largest absolute Gasteiger partial charge is 0.444 e. The Morgan fingerprint density at radius 3 is 2.58 bits per heavy atom. The van der Waals surface area contributed by atoms with E-state index in [-0.39, 0.29) is 6.04 Å². The molecule has 0 aliphatic carbocycles. The number of para-hydroxylation sites is 1. The minimum absolute atomic E-state index is 0.234. The molecule has 0 atom stereocenters. The Bertz CT molecular complexity index is 940. The lowest BCUT2D eigenvalue weighted by Crippen LogP contribution is -2.27. The molecule has 0 aliphatic heterocycles. The summed E-state index contributed by atoms with van der Waals surface area (Å²) >= 11 is 0. The Kier molecular flexibility index (Phi) is 4.63. The fourth-order valence-corrected chi connectivity index (χ4v) is 2.64. The number of nitrogens with one attached hydrogen (secondary N) is 1. The van der Waals surface area contributed by atoms with Gasteiger partial charge in [0, 0.05) is 11.6 Å². The number of fused-ring (bicyclic) bond motifs is 1. The molecule has 26 heavy (non-hydrogen) atoms. The molecular formula is C19H23N5O2. The van der Waals surface area contributed by atoms with Crippen molar-refractivity contribution in [3.8, 4) is 11.3 Å². The fourth-order valence-electron chi connectivity index (χ4n) is 2.64. The number of benzene rings is 1. The number of carbonyl (C=O) groups is 1. The Hall–Kier alpha value is -2.96. The lowest BCUT2D eigenvalue weighted by atomic mass is 10.1. The average molecular weight is 353 g/mol. The van der Waals surface area contributed by atoms with Gasteiger partial charge in [0.1, 0.15) is 23.1 Å². The van der Waals surface area contributed by atoms with E-state index in [2.05, 4.69) is 34.1 Å². The van der Waals surface area contributed by atoms with Gasteiger partial charge in [0.15, 0.2) is 5.65 Å². The topological polar surface area (TPSA) is 81.9 Å². The summed E-state index contributed by atoms with van der Waals surface area (Å²) in [6.45, 7) is 9.61.